The maximum Gasteiger partial charge on any atom is 0.253 e. The van der Waals surface area contributed by atoms with Gasteiger partial charge in [0.15, 0.2) is 0 Å². The first kappa shape index (κ1) is 24.7. The molecule has 0 radical (unpaired) electrons. The summed E-state index contributed by atoms with van der Waals surface area (Å²) in [6.07, 6.45) is 9.47. The van der Waals surface area contributed by atoms with Crippen LogP contribution in [0.2, 0.25) is 0 Å². The van der Waals surface area contributed by atoms with Crippen LogP contribution in [-0.4, -0.2) is 73.3 Å². The molecule has 2 aromatic heterocycles. The van der Waals surface area contributed by atoms with Crippen molar-refractivity contribution in [2.45, 2.75) is 53.2 Å². The summed E-state index contributed by atoms with van der Waals surface area (Å²) in [6, 6.07) is 8.11. The summed E-state index contributed by atoms with van der Waals surface area (Å²) in [6.45, 7) is 14.3. The van der Waals surface area contributed by atoms with Gasteiger partial charge in [0.1, 0.15) is 11.6 Å². The number of H-pyrrole nitrogens is 2. The van der Waals surface area contributed by atoms with Crippen LogP contribution in [0.15, 0.2) is 49.1 Å². The zero-order chi connectivity index (χ0) is 25.2. The van der Waals surface area contributed by atoms with E-state index in [1.165, 1.54) is 13.1 Å². The smallest absolute Gasteiger partial charge is 0.253 e. The molecule has 0 unspecified atom stereocenters. The molecule has 5 rings (SSSR count). The number of carbonyl (C=O) groups excluding carboxylic acids is 1. The van der Waals surface area contributed by atoms with Crippen molar-refractivity contribution in [1.29, 1.82) is 0 Å². The highest BCUT2D eigenvalue weighted by Crippen LogP contribution is 2.41. The lowest BCUT2D eigenvalue weighted by atomic mass is 9.71. The maximum absolute atomic E-state index is 13.2. The van der Waals surface area contributed by atoms with Crippen molar-refractivity contribution in [3.63, 3.8) is 0 Å². The van der Waals surface area contributed by atoms with E-state index in [9.17, 15) is 4.79 Å². The zero-order valence-electron chi connectivity index (χ0n) is 21.8. The molecule has 8 nitrogen and oxygen atoms in total. The van der Waals surface area contributed by atoms with Gasteiger partial charge < -0.3 is 19.8 Å². The number of hydrogen-bond acceptors (Lipinski definition) is 5. The van der Waals surface area contributed by atoms with Gasteiger partial charge in [-0.1, -0.05) is 32.9 Å². The summed E-state index contributed by atoms with van der Waals surface area (Å²) < 4.78 is 0. The average molecular weight is 490 g/mol. The fourth-order valence-electron chi connectivity index (χ4n) is 5.74. The van der Waals surface area contributed by atoms with Gasteiger partial charge in [-0.2, -0.15) is 0 Å². The number of nitrogens with zero attached hydrogens (tertiary/aromatic N) is 5. The molecule has 192 valence electrons. The third-order valence-electron chi connectivity index (χ3n) is 7.39. The number of benzene rings is 1. The van der Waals surface area contributed by atoms with E-state index >= 15 is 0 Å². The monoisotopic (exact) mass is 489 g/mol. The van der Waals surface area contributed by atoms with Gasteiger partial charge in [-0.25, -0.2) is 9.97 Å². The summed E-state index contributed by atoms with van der Waals surface area (Å²) in [5, 5.41) is 0. The van der Waals surface area contributed by atoms with E-state index in [1.54, 1.807) is 12.4 Å². The molecular weight excluding hydrogens is 450 g/mol. The largest absolute Gasteiger partial charge is 0.348 e. The van der Waals surface area contributed by atoms with E-state index in [2.05, 4.69) is 62.6 Å². The van der Waals surface area contributed by atoms with Gasteiger partial charge in [0, 0.05) is 69.6 Å². The van der Waals surface area contributed by atoms with E-state index in [0.717, 1.165) is 61.8 Å². The quantitative estimate of drug-likeness (QED) is 0.501. The van der Waals surface area contributed by atoms with Crippen LogP contribution in [0.4, 0.5) is 0 Å². The summed E-state index contributed by atoms with van der Waals surface area (Å²) >= 11 is 0. The van der Waals surface area contributed by atoms with Crippen LogP contribution < -0.4 is 0 Å². The number of rotatable bonds is 8. The van der Waals surface area contributed by atoms with Gasteiger partial charge in [0.25, 0.3) is 5.91 Å². The topological polar surface area (TPSA) is 84.2 Å². The minimum absolute atomic E-state index is 0.158. The number of aromatic nitrogens is 4. The van der Waals surface area contributed by atoms with Gasteiger partial charge >= 0.3 is 0 Å². The second-order valence-electron chi connectivity index (χ2n) is 11.9. The molecule has 8 heteroatoms. The lowest BCUT2D eigenvalue weighted by Gasteiger charge is -2.55. The van der Waals surface area contributed by atoms with Crippen molar-refractivity contribution in [2.24, 2.45) is 10.8 Å². The molecule has 2 aliphatic rings. The Hall–Kier alpha value is -2.97. The third-order valence-corrected chi connectivity index (χ3v) is 7.39. The number of amides is 1. The number of nitrogens with one attached hydrogen (secondary N) is 2. The minimum atomic E-state index is 0.158. The molecular formula is C28H39N7O. The maximum atomic E-state index is 13.2. The number of hydrogen-bond donors (Lipinski definition) is 2. The van der Waals surface area contributed by atoms with Crippen LogP contribution in [0, 0.1) is 10.8 Å². The number of imidazole rings is 2. The Balaban J connectivity index is 1.15. The highest BCUT2D eigenvalue weighted by molar-refractivity contribution is 5.94. The van der Waals surface area contributed by atoms with Crippen molar-refractivity contribution in [2.75, 3.05) is 32.7 Å². The number of carbonyl (C=O) groups is 1. The Morgan fingerprint density at radius 2 is 1.53 bits per heavy atom. The molecule has 0 bridgehead atoms. The summed E-state index contributed by atoms with van der Waals surface area (Å²) in [5.41, 5.74) is 2.72. The lowest BCUT2D eigenvalue weighted by molar-refractivity contribution is -0.0551. The molecule has 2 N–H and O–H groups in total. The normalized spacial score (nSPS) is 18.1. The Morgan fingerprint density at radius 3 is 2.03 bits per heavy atom. The Morgan fingerprint density at radius 1 is 0.944 bits per heavy atom. The van der Waals surface area contributed by atoms with Crippen LogP contribution in [0.3, 0.4) is 0 Å². The highest BCUT2D eigenvalue weighted by atomic mass is 16.2. The zero-order valence-corrected chi connectivity index (χ0v) is 21.8. The lowest BCUT2D eigenvalue weighted by Crippen LogP contribution is -2.61. The second-order valence-corrected chi connectivity index (χ2v) is 11.9. The van der Waals surface area contributed by atoms with Gasteiger partial charge in [0.2, 0.25) is 0 Å². The number of aromatic amines is 2. The molecule has 1 aromatic carbocycles. The van der Waals surface area contributed by atoms with Gasteiger partial charge in [-0.15, -0.1) is 0 Å². The van der Waals surface area contributed by atoms with Crippen LogP contribution in [0.5, 0.6) is 0 Å². The van der Waals surface area contributed by atoms with Gasteiger partial charge in [0.05, 0.1) is 13.1 Å². The van der Waals surface area contributed by atoms with Gasteiger partial charge in [-0.05, 0) is 41.4 Å². The predicted molar refractivity (Wildman–Crippen MR) is 140 cm³/mol. The molecule has 36 heavy (non-hydrogen) atoms. The van der Waals surface area contributed by atoms with Crippen molar-refractivity contribution in [1.82, 2.24) is 34.6 Å². The third kappa shape index (κ3) is 6.05. The predicted octanol–water partition coefficient (Wildman–Crippen LogP) is 3.92. The molecule has 2 fully saturated rings. The van der Waals surface area contributed by atoms with E-state index in [0.29, 0.717) is 23.9 Å². The summed E-state index contributed by atoms with van der Waals surface area (Å²) in [5.74, 6) is 2.00. The number of likely N-dealkylation sites (tertiary alicyclic amines) is 2. The molecule has 0 saturated carbocycles. The van der Waals surface area contributed by atoms with E-state index in [1.807, 2.05) is 29.4 Å². The van der Waals surface area contributed by atoms with Crippen molar-refractivity contribution in [3.8, 4) is 0 Å². The molecule has 0 aliphatic carbocycles. The second kappa shape index (κ2) is 10.2. The minimum Gasteiger partial charge on any atom is -0.348 e. The van der Waals surface area contributed by atoms with Crippen LogP contribution in [0.25, 0.3) is 0 Å². The molecule has 1 spiro atoms. The van der Waals surface area contributed by atoms with Crippen molar-refractivity contribution in [3.05, 3.63) is 71.8 Å². The van der Waals surface area contributed by atoms with Crippen LogP contribution in [0.1, 0.15) is 61.2 Å². The fourth-order valence-corrected chi connectivity index (χ4v) is 5.74. The van der Waals surface area contributed by atoms with E-state index in [-0.39, 0.29) is 5.91 Å². The van der Waals surface area contributed by atoms with Crippen LogP contribution >= 0.6 is 0 Å². The Labute approximate surface area is 214 Å². The molecule has 4 heterocycles. The highest BCUT2D eigenvalue weighted by Gasteiger charge is 2.45. The first-order valence-corrected chi connectivity index (χ1v) is 13.1. The Bertz CT molecular complexity index is 1060. The molecule has 1 amide bonds. The van der Waals surface area contributed by atoms with Crippen LogP contribution in [-0.2, 0) is 19.6 Å². The van der Waals surface area contributed by atoms with E-state index < -0.39 is 0 Å². The first-order valence-electron chi connectivity index (χ1n) is 13.1. The molecule has 2 aliphatic heterocycles. The first-order chi connectivity index (χ1) is 17.3. The average Bonchev–Trinajstić information content (AvgIpc) is 3.52. The SMILES string of the molecule is CC(C)(C)CN1CC2(CCN(C(=O)c3ccc(CN(Cc4ncc[nH]4)Cc4ncc[nH]4)cc3)CC2)C1. The molecule has 2 saturated heterocycles. The van der Waals surface area contributed by atoms with Crippen molar-refractivity contribution >= 4 is 5.91 Å². The van der Waals surface area contributed by atoms with Crippen molar-refractivity contribution < 1.29 is 4.79 Å². The standard InChI is InChI=1S/C28H39N7O/c1-27(2,3)19-34-20-28(21-34)8-14-35(15-9-28)26(36)23-6-4-22(5-7-23)16-33(17-24-29-10-11-30-24)18-25-31-12-13-32-25/h4-7,10-13H,8-9,14-21H2,1-3H3,(H,29,30)(H,31,32). The Kier molecular flexibility index (Phi) is 6.99. The summed E-state index contributed by atoms with van der Waals surface area (Å²) in [4.78, 5) is 35.2. The fraction of sp³-hybridized carbons (Fsp3) is 0.536. The van der Waals surface area contributed by atoms with Gasteiger partial charge in [-0.3, -0.25) is 9.69 Å². The molecule has 3 aromatic rings. The molecule has 0 atom stereocenters. The van der Waals surface area contributed by atoms with E-state index in [4.69, 9.17) is 0 Å². The summed E-state index contributed by atoms with van der Waals surface area (Å²) in [7, 11) is 0. The number of piperidine rings is 1.